The van der Waals surface area contributed by atoms with E-state index in [1.165, 1.54) is 28.6 Å². The first-order chi connectivity index (χ1) is 10.6. The molecule has 1 aliphatic carbocycles. The van der Waals surface area contributed by atoms with Crippen LogP contribution in [-0.2, 0) is 30.7 Å². The zero-order valence-electron chi connectivity index (χ0n) is 11.9. The molecule has 0 saturated carbocycles. The standard InChI is InChI=1S/C13H16N6O3/c20-13(8-18-7-9(5-15-18)19(21)22)14-6-12-10-3-1-2-4-11(10)16-17-12/h5,7H,1-4,6,8H2,(H,14,20)(H,16,17). The Bertz CT molecular complexity index is 704. The Morgan fingerprint density at radius 2 is 2.27 bits per heavy atom. The highest BCUT2D eigenvalue weighted by molar-refractivity contribution is 5.75. The van der Waals surface area contributed by atoms with Crippen molar-refractivity contribution in [1.82, 2.24) is 25.3 Å². The van der Waals surface area contributed by atoms with Gasteiger partial charge in [-0.05, 0) is 31.2 Å². The molecule has 2 aromatic heterocycles. The highest BCUT2D eigenvalue weighted by atomic mass is 16.6. The van der Waals surface area contributed by atoms with Gasteiger partial charge in [-0.15, -0.1) is 0 Å². The van der Waals surface area contributed by atoms with Crippen LogP contribution < -0.4 is 5.32 Å². The molecular weight excluding hydrogens is 288 g/mol. The summed E-state index contributed by atoms with van der Waals surface area (Å²) in [6.45, 7) is 0.300. The number of amides is 1. The number of fused-ring (bicyclic) bond motifs is 1. The van der Waals surface area contributed by atoms with E-state index in [-0.39, 0.29) is 18.1 Å². The van der Waals surface area contributed by atoms with Gasteiger partial charge in [0.15, 0.2) is 0 Å². The number of nitro groups is 1. The molecule has 0 saturated heterocycles. The van der Waals surface area contributed by atoms with E-state index in [9.17, 15) is 14.9 Å². The van der Waals surface area contributed by atoms with Gasteiger partial charge in [0.05, 0.1) is 17.2 Å². The maximum absolute atomic E-state index is 11.9. The first kappa shape index (κ1) is 14.2. The summed E-state index contributed by atoms with van der Waals surface area (Å²) < 4.78 is 1.24. The SMILES string of the molecule is O=C(Cn1cc([N+](=O)[O-])cn1)NCc1n[nH]c2c1CCCC2. The smallest absolute Gasteiger partial charge is 0.307 e. The maximum Gasteiger partial charge on any atom is 0.307 e. The van der Waals surface area contributed by atoms with Crippen molar-refractivity contribution >= 4 is 11.6 Å². The minimum absolute atomic E-state index is 0.0551. The van der Waals surface area contributed by atoms with Crippen LogP contribution in [-0.4, -0.2) is 30.8 Å². The van der Waals surface area contributed by atoms with Crippen LogP contribution in [0, 0.1) is 10.1 Å². The van der Waals surface area contributed by atoms with Crippen LogP contribution in [0.25, 0.3) is 0 Å². The van der Waals surface area contributed by atoms with Crippen LogP contribution in [0.1, 0.15) is 29.8 Å². The number of aromatic amines is 1. The fourth-order valence-electron chi connectivity index (χ4n) is 2.61. The Hall–Kier alpha value is -2.71. The Morgan fingerprint density at radius 3 is 3.05 bits per heavy atom. The van der Waals surface area contributed by atoms with Gasteiger partial charge in [0, 0.05) is 5.69 Å². The summed E-state index contributed by atoms with van der Waals surface area (Å²) >= 11 is 0. The van der Waals surface area contributed by atoms with E-state index in [1.54, 1.807) is 0 Å². The van der Waals surface area contributed by atoms with E-state index in [1.807, 2.05) is 0 Å². The van der Waals surface area contributed by atoms with Crippen LogP contribution >= 0.6 is 0 Å². The Kier molecular flexibility index (Phi) is 3.86. The topological polar surface area (TPSA) is 119 Å². The molecule has 0 aliphatic heterocycles. The molecule has 1 amide bonds. The van der Waals surface area contributed by atoms with Gasteiger partial charge in [-0.25, -0.2) is 0 Å². The van der Waals surface area contributed by atoms with E-state index in [4.69, 9.17) is 0 Å². The Morgan fingerprint density at radius 1 is 1.45 bits per heavy atom. The third-order valence-electron chi connectivity index (χ3n) is 3.73. The molecular formula is C13H16N6O3. The molecule has 9 nitrogen and oxygen atoms in total. The van der Waals surface area contributed by atoms with E-state index in [0.717, 1.165) is 31.2 Å². The largest absolute Gasteiger partial charge is 0.349 e. The number of rotatable bonds is 5. The van der Waals surface area contributed by atoms with Crippen LogP contribution in [0.4, 0.5) is 5.69 Å². The van der Waals surface area contributed by atoms with Crippen molar-refractivity contribution in [3.63, 3.8) is 0 Å². The molecule has 0 bridgehead atoms. The minimum atomic E-state index is -0.544. The van der Waals surface area contributed by atoms with E-state index >= 15 is 0 Å². The summed E-state index contributed by atoms with van der Waals surface area (Å²) in [7, 11) is 0. The molecule has 0 spiro atoms. The van der Waals surface area contributed by atoms with Crippen molar-refractivity contribution in [2.45, 2.75) is 38.8 Å². The fraction of sp³-hybridized carbons (Fsp3) is 0.462. The quantitative estimate of drug-likeness (QED) is 0.623. The number of hydrogen-bond donors (Lipinski definition) is 2. The predicted molar refractivity (Wildman–Crippen MR) is 76.0 cm³/mol. The molecule has 0 unspecified atom stereocenters. The molecule has 0 fully saturated rings. The third-order valence-corrected chi connectivity index (χ3v) is 3.73. The predicted octanol–water partition coefficient (Wildman–Crippen LogP) is 0.710. The van der Waals surface area contributed by atoms with Gasteiger partial charge in [0.2, 0.25) is 5.91 Å². The van der Waals surface area contributed by atoms with Crippen LogP contribution in [0.3, 0.4) is 0 Å². The van der Waals surface area contributed by atoms with Crippen molar-refractivity contribution in [2.75, 3.05) is 0 Å². The number of aryl methyl sites for hydroxylation is 1. The second-order valence-electron chi connectivity index (χ2n) is 5.26. The zero-order chi connectivity index (χ0) is 15.5. The van der Waals surface area contributed by atoms with Crippen molar-refractivity contribution < 1.29 is 9.72 Å². The molecule has 2 N–H and O–H groups in total. The molecule has 0 atom stereocenters. The van der Waals surface area contributed by atoms with Crippen LogP contribution in [0.15, 0.2) is 12.4 Å². The van der Waals surface area contributed by atoms with Gasteiger partial charge < -0.3 is 5.32 Å². The van der Waals surface area contributed by atoms with E-state index in [0.29, 0.717) is 6.54 Å². The number of nitrogens with one attached hydrogen (secondary N) is 2. The number of carbonyl (C=O) groups excluding carboxylic acids is 1. The summed E-state index contributed by atoms with van der Waals surface area (Å²) in [6, 6.07) is 0. The lowest BCUT2D eigenvalue weighted by Gasteiger charge is -2.11. The van der Waals surface area contributed by atoms with Gasteiger partial charge in [-0.2, -0.15) is 10.2 Å². The summed E-state index contributed by atoms with van der Waals surface area (Å²) in [5.41, 5.74) is 3.11. The lowest BCUT2D eigenvalue weighted by molar-refractivity contribution is -0.385. The van der Waals surface area contributed by atoms with Gasteiger partial charge in [0.1, 0.15) is 18.9 Å². The molecule has 9 heteroatoms. The fourth-order valence-corrected chi connectivity index (χ4v) is 2.61. The first-order valence-electron chi connectivity index (χ1n) is 7.12. The van der Waals surface area contributed by atoms with Gasteiger partial charge in [-0.1, -0.05) is 0 Å². The van der Waals surface area contributed by atoms with E-state index in [2.05, 4.69) is 20.6 Å². The van der Waals surface area contributed by atoms with Crippen molar-refractivity contribution in [2.24, 2.45) is 0 Å². The van der Waals surface area contributed by atoms with Crippen LogP contribution in [0.5, 0.6) is 0 Å². The number of aromatic nitrogens is 4. The average Bonchev–Trinajstić information content (AvgIpc) is 3.12. The zero-order valence-corrected chi connectivity index (χ0v) is 11.9. The summed E-state index contributed by atoms with van der Waals surface area (Å²) in [4.78, 5) is 21.9. The third kappa shape index (κ3) is 2.97. The van der Waals surface area contributed by atoms with E-state index < -0.39 is 4.92 Å². The summed E-state index contributed by atoms with van der Waals surface area (Å²) in [5.74, 6) is -0.259. The molecule has 3 rings (SSSR count). The monoisotopic (exact) mass is 304 g/mol. The number of H-pyrrole nitrogens is 1. The number of carbonyl (C=O) groups is 1. The first-order valence-corrected chi connectivity index (χ1v) is 7.12. The molecule has 1 aliphatic rings. The second kappa shape index (κ2) is 5.96. The Labute approximate surface area is 125 Å². The number of hydrogen-bond acceptors (Lipinski definition) is 5. The molecule has 2 heterocycles. The molecule has 116 valence electrons. The minimum Gasteiger partial charge on any atom is -0.349 e. The normalized spacial score (nSPS) is 13.6. The van der Waals surface area contributed by atoms with Gasteiger partial charge >= 0.3 is 5.69 Å². The molecule has 22 heavy (non-hydrogen) atoms. The average molecular weight is 304 g/mol. The molecule has 0 radical (unpaired) electrons. The van der Waals surface area contributed by atoms with Crippen molar-refractivity contribution in [1.29, 1.82) is 0 Å². The summed E-state index contributed by atoms with van der Waals surface area (Å²) in [6.07, 6.45) is 6.66. The molecule has 0 aromatic carbocycles. The maximum atomic E-state index is 11.9. The Balaban J connectivity index is 1.56. The lowest BCUT2D eigenvalue weighted by Crippen LogP contribution is -2.28. The summed E-state index contributed by atoms with van der Waals surface area (Å²) in [5, 5.41) is 24.4. The second-order valence-corrected chi connectivity index (χ2v) is 5.26. The van der Waals surface area contributed by atoms with Crippen molar-refractivity contribution in [3.8, 4) is 0 Å². The highest BCUT2D eigenvalue weighted by Gasteiger charge is 2.17. The molecule has 2 aromatic rings. The van der Waals surface area contributed by atoms with Crippen molar-refractivity contribution in [3.05, 3.63) is 39.5 Å². The lowest BCUT2D eigenvalue weighted by atomic mass is 9.96. The van der Waals surface area contributed by atoms with Gasteiger partial charge in [-0.3, -0.25) is 24.7 Å². The highest BCUT2D eigenvalue weighted by Crippen LogP contribution is 2.21. The number of nitrogens with zero attached hydrogens (tertiary/aromatic N) is 4. The van der Waals surface area contributed by atoms with Gasteiger partial charge in [0.25, 0.3) is 0 Å². The van der Waals surface area contributed by atoms with Crippen LogP contribution in [0.2, 0.25) is 0 Å².